The van der Waals surface area contributed by atoms with Crippen molar-refractivity contribution in [3.8, 4) is 67.5 Å². The molecule has 0 atom stereocenters. The minimum Gasteiger partial charge on any atom is -0.264 e. The Hall–Kier alpha value is -7.30. The highest BCUT2D eigenvalue weighted by Gasteiger charge is 2.20. The fourth-order valence-electron chi connectivity index (χ4n) is 8.76. The Morgan fingerprint density at radius 1 is 0.542 bits per heavy atom. The molecule has 59 heavy (non-hydrogen) atoms. The molecule has 4 nitrogen and oxygen atoms in total. The first-order valence-electron chi connectivity index (χ1n) is 20.5. The number of nitrogens with zero attached hydrogens (tertiary/aromatic N) is 4. The smallest absolute Gasteiger partial charge is 0.164 e. The van der Waals surface area contributed by atoms with Gasteiger partial charge in [0.25, 0.3) is 0 Å². The maximum absolute atomic E-state index is 5.18. The monoisotopic (exact) mass is 758 g/mol. The predicted molar refractivity (Wildman–Crippen MR) is 247 cm³/mol. The van der Waals surface area contributed by atoms with Crippen LogP contribution in [0.25, 0.3) is 101 Å². The van der Waals surface area contributed by atoms with Gasteiger partial charge in [0.15, 0.2) is 17.5 Å². The van der Waals surface area contributed by atoms with Gasteiger partial charge < -0.3 is 0 Å². The Morgan fingerprint density at radius 3 is 1.88 bits per heavy atom. The van der Waals surface area contributed by atoms with Gasteiger partial charge in [-0.15, -0.1) is 0 Å². The van der Waals surface area contributed by atoms with E-state index in [4.69, 9.17) is 15.0 Å². The first-order valence-corrected chi connectivity index (χ1v) is 20.5. The summed E-state index contributed by atoms with van der Waals surface area (Å²) in [6.07, 6.45) is 16.1. The normalized spacial score (nSPS) is 12.4. The molecule has 9 aromatic rings. The summed E-state index contributed by atoms with van der Waals surface area (Å²) in [7, 11) is 0. The van der Waals surface area contributed by atoms with Crippen molar-refractivity contribution in [3.05, 3.63) is 192 Å². The minimum atomic E-state index is 0.625. The van der Waals surface area contributed by atoms with Crippen molar-refractivity contribution in [2.24, 2.45) is 0 Å². The molecule has 0 spiro atoms. The lowest BCUT2D eigenvalue weighted by atomic mass is 9.82. The molecule has 0 bridgehead atoms. The molecule has 0 unspecified atom stereocenters. The molecule has 0 aliphatic heterocycles. The number of allylic oxidation sites excluding steroid dienone is 2. The molecule has 0 N–H and O–H groups in total. The number of pyridine rings is 1. The number of aromatic nitrogens is 4. The van der Waals surface area contributed by atoms with Crippen LogP contribution in [-0.2, 0) is 12.8 Å². The molecule has 2 heterocycles. The number of hydrogen-bond acceptors (Lipinski definition) is 4. The molecule has 0 saturated carbocycles. The van der Waals surface area contributed by atoms with Crippen LogP contribution in [0, 0.1) is 0 Å². The van der Waals surface area contributed by atoms with E-state index < -0.39 is 0 Å². The van der Waals surface area contributed by atoms with Gasteiger partial charge in [0.2, 0.25) is 0 Å². The van der Waals surface area contributed by atoms with Crippen LogP contribution in [0.3, 0.4) is 0 Å². The Labute approximate surface area is 345 Å². The lowest BCUT2D eigenvalue weighted by Crippen LogP contribution is -2.04. The Kier molecular flexibility index (Phi) is 9.52. The van der Waals surface area contributed by atoms with Crippen LogP contribution >= 0.6 is 0 Å². The lowest BCUT2D eigenvalue weighted by Gasteiger charge is -2.22. The van der Waals surface area contributed by atoms with Gasteiger partial charge in [0.05, 0.1) is 0 Å². The van der Waals surface area contributed by atoms with Crippen molar-refractivity contribution >= 4 is 33.7 Å². The van der Waals surface area contributed by atoms with Crippen LogP contribution in [0.2, 0.25) is 0 Å². The van der Waals surface area contributed by atoms with E-state index in [9.17, 15) is 0 Å². The lowest BCUT2D eigenvalue weighted by molar-refractivity contribution is 0.949. The minimum absolute atomic E-state index is 0.625. The van der Waals surface area contributed by atoms with Crippen molar-refractivity contribution in [1.29, 1.82) is 0 Å². The quantitative estimate of drug-likeness (QED) is 0.155. The number of rotatable bonds is 8. The Balaban J connectivity index is 1.21. The molecule has 0 fully saturated rings. The fourth-order valence-corrected chi connectivity index (χ4v) is 8.76. The highest BCUT2D eigenvalue weighted by molar-refractivity contribution is 6.02. The summed E-state index contributed by atoms with van der Waals surface area (Å²) in [6, 6.07) is 51.5. The van der Waals surface area contributed by atoms with E-state index in [0.29, 0.717) is 17.5 Å². The van der Waals surface area contributed by atoms with Crippen LogP contribution < -0.4 is 0 Å². The molecule has 0 saturated heterocycles. The largest absolute Gasteiger partial charge is 0.264 e. The molecule has 10 rings (SSSR count). The maximum atomic E-state index is 5.18. The van der Waals surface area contributed by atoms with Crippen LogP contribution in [0.15, 0.2) is 170 Å². The van der Waals surface area contributed by atoms with Gasteiger partial charge in [-0.25, -0.2) is 15.0 Å². The molecule has 7 aromatic carbocycles. The molecule has 1 aliphatic rings. The van der Waals surface area contributed by atoms with Crippen molar-refractivity contribution in [2.45, 2.75) is 33.1 Å². The molecule has 282 valence electrons. The zero-order valence-corrected chi connectivity index (χ0v) is 33.2. The summed E-state index contributed by atoms with van der Waals surface area (Å²) in [6.45, 7) is 4.41. The fraction of sp³-hybridized carbons (Fsp3) is 0.0909. The molecule has 1 aliphatic carbocycles. The second-order valence-corrected chi connectivity index (χ2v) is 15.2. The van der Waals surface area contributed by atoms with Crippen LogP contribution in [-0.4, -0.2) is 19.9 Å². The van der Waals surface area contributed by atoms with E-state index in [2.05, 4.69) is 152 Å². The second kappa shape index (κ2) is 15.6. The van der Waals surface area contributed by atoms with E-state index in [1.807, 2.05) is 48.8 Å². The van der Waals surface area contributed by atoms with Crippen LogP contribution in [0.4, 0.5) is 0 Å². The van der Waals surface area contributed by atoms with Crippen molar-refractivity contribution in [1.82, 2.24) is 19.9 Å². The Bertz CT molecular complexity index is 3030. The van der Waals surface area contributed by atoms with Crippen LogP contribution in [0.5, 0.6) is 0 Å². The van der Waals surface area contributed by atoms with Gasteiger partial charge in [-0.2, -0.15) is 0 Å². The van der Waals surface area contributed by atoms with Gasteiger partial charge in [-0.3, -0.25) is 4.98 Å². The van der Waals surface area contributed by atoms with E-state index in [1.54, 1.807) is 0 Å². The third-order valence-electron chi connectivity index (χ3n) is 11.6. The summed E-state index contributed by atoms with van der Waals surface area (Å²) in [5.74, 6) is 1.90. The SMILES string of the molecule is C/C=C\c1c(CC)c2c(c3ccc(-c4cc(-c5cccc(-c6cccc7ccncc67)c5)cc(-c5nc(-c6ccccc6)nc(-c6ccccc6)n5)c4)cc13)C=CCC2. The molecule has 2 aromatic heterocycles. The third-order valence-corrected chi connectivity index (χ3v) is 11.6. The highest BCUT2D eigenvalue weighted by atomic mass is 15.0. The number of fused-ring (bicyclic) bond motifs is 4. The van der Waals surface area contributed by atoms with Gasteiger partial charge in [-0.05, 0) is 134 Å². The number of benzene rings is 7. The van der Waals surface area contributed by atoms with Gasteiger partial charge in [0.1, 0.15) is 0 Å². The summed E-state index contributed by atoms with van der Waals surface area (Å²) < 4.78 is 0. The predicted octanol–water partition coefficient (Wildman–Crippen LogP) is 14.1. The zero-order valence-electron chi connectivity index (χ0n) is 33.2. The molecule has 0 radical (unpaired) electrons. The summed E-state index contributed by atoms with van der Waals surface area (Å²) in [5.41, 5.74) is 15.2. The molecule has 4 heteroatoms. The molecular formula is C55H42N4. The van der Waals surface area contributed by atoms with Gasteiger partial charge in [-0.1, -0.05) is 140 Å². The summed E-state index contributed by atoms with van der Waals surface area (Å²) in [5, 5.41) is 4.88. The first kappa shape index (κ1) is 36.1. The molecular weight excluding hydrogens is 717 g/mol. The highest BCUT2D eigenvalue weighted by Crippen LogP contribution is 2.40. The Morgan fingerprint density at radius 2 is 1.17 bits per heavy atom. The average molecular weight is 759 g/mol. The van der Waals surface area contributed by atoms with Gasteiger partial charge >= 0.3 is 0 Å². The summed E-state index contributed by atoms with van der Waals surface area (Å²) in [4.78, 5) is 19.8. The maximum Gasteiger partial charge on any atom is 0.164 e. The molecule has 0 amide bonds. The van der Waals surface area contributed by atoms with E-state index >= 15 is 0 Å². The zero-order chi connectivity index (χ0) is 39.7. The van der Waals surface area contributed by atoms with E-state index in [-0.39, 0.29) is 0 Å². The first-order chi connectivity index (χ1) is 29.1. The van der Waals surface area contributed by atoms with Crippen LogP contribution in [0.1, 0.15) is 42.5 Å². The standard InChI is InChI=1S/C55H42N4/c1-3-15-47-45(4-2)48-23-11-12-24-49(48)50-27-26-40(34-51(47)50)43-31-42(39-21-13-22-41(30-39)46-25-14-20-36-28-29-56-35-52(36)46)32-44(33-43)55-58-53(37-16-7-5-8-17-37)57-54(59-55)38-18-9-6-10-19-38/h3,5-10,12-22,24-35H,4,11,23H2,1-2H3/b15-3-. The van der Waals surface area contributed by atoms with E-state index in [0.717, 1.165) is 74.7 Å². The topological polar surface area (TPSA) is 51.6 Å². The second-order valence-electron chi connectivity index (χ2n) is 15.2. The third kappa shape index (κ3) is 6.83. The average Bonchev–Trinajstić information content (AvgIpc) is 3.31. The number of hydrogen-bond donors (Lipinski definition) is 0. The summed E-state index contributed by atoms with van der Waals surface area (Å²) >= 11 is 0. The van der Waals surface area contributed by atoms with Crippen molar-refractivity contribution in [2.75, 3.05) is 0 Å². The van der Waals surface area contributed by atoms with Crippen molar-refractivity contribution in [3.63, 3.8) is 0 Å². The van der Waals surface area contributed by atoms with Gasteiger partial charge in [0, 0.05) is 34.5 Å². The van der Waals surface area contributed by atoms with E-state index in [1.165, 1.54) is 38.4 Å². The van der Waals surface area contributed by atoms with Crippen molar-refractivity contribution < 1.29 is 0 Å².